The average Bonchev–Trinajstić information content (AvgIpc) is 2.05. The quantitative estimate of drug-likeness (QED) is 0.657. The molecule has 0 aliphatic heterocycles. The topological polar surface area (TPSA) is 32.3 Å². The van der Waals surface area contributed by atoms with E-state index in [2.05, 4.69) is 12.2 Å². The van der Waals surface area contributed by atoms with Crippen molar-refractivity contribution in [1.29, 1.82) is 0 Å². The molecular formula is C9H23NO. The lowest BCUT2D eigenvalue weighted by atomic mass is 9.95. The zero-order valence-electron chi connectivity index (χ0n) is 8.57. The van der Waals surface area contributed by atoms with Gasteiger partial charge in [0.05, 0.1) is 0 Å². The van der Waals surface area contributed by atoms with Crippen LogP contribution in [0.25, 0.3) is 0 Å². The summed E-state index contributed by atoms with van der Waals surface area (Å²) in [6.07, 6.45) is 0. The zero-order chi connectivity index (χ0) is 9.33. The average molecular weight is 161 g/mol. The van der Waals surface area contributed by atoms with Gasteiger partial charge >= 0.3 is 0 Å². The van der Waals surface area contributed by atoms with Crippen LogP contribution in [0.5, 0.6) is 0 Å². The van der Waals surface area contributed by atoms with Gasteiger partial charge in [-0.15, -0.1) is 0 Å². The van der Waals surface area contributed by atoms with E-state index in [9.17, 15) is 0 Å². The smallest absolute Gasteiger partial charge is 0.0494 e. The minimum Gasteiger partial charge on any atom is -0.396 e. The van der Waals surface area contributed by atoms with E-state index >= 15 is 0 Å². The highest BCUT2D eigenvalue weighted by atomic mass is 16.3. The van der Waals surface area contributed by atoms with Gasteiger partial charge in [-0.3, -0.25) is 0 Å². The molecule has 0 aliphatic rings. The van der Waals surface area contributed by atoms with Crippen molar-refractivity contribution in [3.63, 3.8) is 0 Å². The van der Waals surface area contributed by atoms with E-state index in [0.717, 1.165) is 13.1 Å². The van der Waals surface area contributed by atoms with Crippen molar-refractivity contribution >= 4 is 0 Å². The molecule has 2 nitrogen and oxygen atoms in total. The third-order valence-corrected chi connectivity index (χ3v) is 1.28. The molecule has 0 saturated carbocycles. The van der Waals surface area contributed by atoms with E-state index in [1.54, 1.807) is 0 Å². The van der Waals surface area contributed by atoms with Crippen molar-refractivity contribution in [1.82, 2.24) is 5.32 Å². The number of hydrogen-bond acceptors (Lipinski definition) is 2. The van der Waals surface area contributed by atoms with Crippen LogP contribution in [0.15, 0.2) is 0 Å². The second-order valence-electron chi connectivity index (χ2n) is 3.10. The van der Waals surface area contributed by atoms with Crippen LogP contribution in [0.3, 0.4) is 0 Å². The summed E-state index contributed by atoms with van der Waals surface area (Å²) >= 11 is 0. The molecule has 0 heterocycles. The van der Waals surface area contributed by atoms with E-state index in [1.807, 2.05) is 27.7 Å². The molecule has 0 aromatic heterocycles. The SMILES string of the molecule is CC.CCNCC(C)(C)CO. The second-order valence-corrected chi connectivity index (χ2v) is 3.10. The fourth-order valence-corrected chi connectivity index (χ4v) is 0.519. The summed E-state index contributed by atoms with van der Waals surface area (Å²) in [5, 5.41) is 12.0. The van der Waals surface area contributed by atoms with Gasteiger partial charge in [-0.05, 0) is 6.54 Å². The summed E-state index contributed by atoms with van der Waals surface area (Å²) in [7, 11) is 0. The molecule has 2 heteroatoms. The molecule has 0 atom stereocenters. The Hall–Kier alpha value is -0.0800. The molecule has 0 unspecified atom stereocenters. The van der Waals surface area contributed by atoms with E-state index in [1.165, 1.54) is 0 Å². The fraction of sp³-hybridized carbons (Fsp3) is 1.00. The number of rotatable bonds is 4. The summed E-state index contributed by atoms with van der Waals surface area (Å²) in [5.74, 6) is 0. The number of aliphatic hydroxyl groups is 1. The molecule has 0 aliphatic carbocycles. The molecule has 0 bridgehead atoms. The zero-order valence-corrected chi connectivity index (χ0v) is 8.57. The van der Waals surface area contributed by atoms with Gasteiger partial charge in [-0.1, -0.05) is 34.6 Å². The molecule has 0 radical (unpaired) electrons. The Kier molecular flexibility index (Phi) is 9.85. The molecule has 0 saturated heterocycles. The first-order valence-electron chi connectivity index (χ1n) is 4.44. The molecule has 0 amide bonds. The summed E-state index contributed by atoms with van der Waals surface area (Å²) in [4.78, 5) is 0. The molecule has 70 valence electrons. The Labute approximate surface area is 71.0 Å². The van der Waals surface area contributed by atoms with E-state index in [0.29, 0.717) is 0 Å². The predicted octanol–water partition coefficient (Wildman–Crippen LogP) is 1.64. The molecule has 0 aromatic carbocycles. The van der Waals surface area contributed by atoms with Crippen molar-refractivity contribution in [2.75, 3.05) is 19.7 Å². The van der Waals surface area contributed by atoms with Gasteiger partial charge < -0.3 is 10.4 Å². The van der Waals surface area contributed by atoms with Crippen molar-refractivity contribution in [3.8, 4) is 0 Å². The van der Waals surface area contributed by atoms with Crippen LogP contribution >= 0.6 is 0 Å². The lowest BCUT2D eigenvalue weighted by Crippen LogP contribution is -2.31. The third-order valence-electron chi connectivity index (χ3n) is 1.28. The Morgan fingerprint density at radius 2 is 1.73 bits per heavy atom. The Morgan fingerprint density at radius 3 is 2.00 bits per heavy atom. The van der Waals surface area contributed by atoms with Crippen LogP contribution in [-0.2, 0) is 0 Å². The maximum atomic E-state index is 8.78. The minimum absolute atomic E-state index is 0.0377. The van der Waals surface area contributed by atoms with E-state index in [4.69, 9.17) is 5.11 Å². The van der Waals surface area contributed by atoms with Crippen LogP contribution in [0.2, 0.25) is 0 Å². The Bertz CT molecular complexity index is 72.0. The Balaban J connectivity index is 0. The van der Waals surface area contributed by atoms with Crippen LogP contribution in [0.1, 0.15) is 34.6 Å². The van der Waals surface area contributed by atoms with E-state index in [-0.39, 0.29) is 12.0 Å². The molecule has 2 N–H and O–H groups in total. The highest BCUT2D eigenvalue weighted by Crippen LogP contribution is 2.10. The molecule has 11 heavy (non-hydrogen) atoms. The lowest BCUT2D eigenvalue weighted by Gasteiger charge is -2.21. The van der Waals surface area contributed by atoms with Gasteiger partial charge in [0.2, 0.25) is 0 Å². The van der Waals surface area contributed by atoms with Crippen molar-refractivity contribution in [2.24, 2.45) is 5.41 Å². The van der Waals surface area contributed by atoms with Crippen LogP contribution < -0.4 is 5.32 Å². The molecule has 0 aromatic rings. The van der Waals surface area contributed by atoms with Crippen molar-refractivity contribution in [2.45, 2.75) is 34.6 Å². The van der Waals surface area contributed by atoms with Crippen molar-refractivity contribution < 1.29 is 5.11 Å². The largest absolute Gasteiger partial charge is 0.396 e. The number of nitrogens with one attached hydrogen (secondary N) is 1. The highest BCUT2D eigenvalue weighted by Gasteiger charge is 2.14. The number of aliphatic hydroxyl groups excluding tert-OH is 1. The maximum Gasteiger partial charge on any atom is 0.0494 e. The van der Waals surface area contributed by atoms with Gasteiger partial charge in [0, 0.05) is 18.6 Å². The molecule has 0 rings (SSSR count). The molecule has 0 spiro atoms. The van der Waals surface area contributed by atoms with Crippen LogP contribution in [0, 0.1) is 5.41 Å². The van der Waals surface area contributed by atoms with E-state index < -0.39 is 0 Å². The first kappa shape index (κ1) is 13.5. The minimum atomic E-state index is 0.0377. The fourth-order valence-electron chi connectivity index (χ4n) is 0.519. The van der Waals surface area contributed by atoms with Gasteiger partial charge in [-0.25, -0.2) is 0 Å². The van der Waals surface area contributed by atoms with Gasteiger partial charge in [-0.2, -0.15) is 0 Å². The summed E-state index contributed by atoms with van der Waals surface area (Å²) in [6.45, 7) is 12.3. The normalized spacial score (nSPS) is 10.4. The summed E-state index contributed by atoms with van der Waals surface area (Å²) in [5.41, 5.74) is 0.0377. The maximum absolute atomic E-state index is 8.78. The highest BCUT2D eigenvalue weighted by molar-refractivity contribution is 4.68. The Morgan fingerprint density at radius 1 is 1.27 bits per heavy atom. The summed E-state index contributed by atoms with van der Waals surface area (Å²) < 4.78 is 0. The third kappa shape index (κ3) is 9.92. The lowest BCUT2D eigenvalue weighted by molar-refractivity contribution is 0.158. The predicted molar refractivity (Wildman–Crippen MR) is 50.8 cm³/mol. The van der Waals surface area contributed by atoms with Crippen LogP contribution in [0.4, 0.5) is 0 Å². The van der Waals surface area contributed by atoms with Gasteiger partial charge in [0.15, 0.2) is 0 Å². The first-order chi connectivity index (χ1) is 5.12. The molecular weight excluding hydrogens is 138 g/mol. The standard InChI is InChI=1S/C7H17NO.C2H6/c1-4-8-5-7(2,3)6-9;1-2/h8-9H,4-6H2,1-3H3;1-2H3. The molecule has 0 fully saturated rings. The first-order valence-corrected chi connectivity index (χ1v) is 4.44. The van der Waals surface area contributed by atoms with Crippen molar-refractivity contribution in [3.05, 3.63) is 0 Å². The summed E-state index contributed by atoms with van der Waals surface area (Å²) in [6, 6.07) is 0. The van der Waals surface area contributed by atoms with Gasteiger partial charge in [0.1, 0.15) is 0 Å². The monoisotopic (exact) mass is 161 g/mol. The number of hydrogen-bond donors (Lipinski definition) is 2. The van der Waals surface area contributed by atoms with Crippen LogP contribution in [-0.4, -0.2) is 24.8 Å². The van der Waals surface area contributed by atoms with Gasteiger partial charge in [0.25, 0.3) is 0 Å². The second kappa shape index (κ2) is 8.02.